The van der Waals surface area contributed by atoms with Crippen LogP contribution in [0.15, 0.2) is 12.4 Å². The van der Waals surface area contributed by atoms with Crippen molar-refractivity contribution in [3.63, 3.8) is 0 Å². The molecule has 0 aromatic carbocycles. The van der Waals surface area contributed by atoms with Crippen LogP contribution in [0.3, 0.4) is 0 Å². The molecule has 1 saturated heterocycles. The van der Waals surface area contributed by atoms with Gasteiger partial charge in [0.2, 0.25) is 0 Å². The lowest BCUT2D eigenvalue weighted by molar-refractivity contribution is 0.0943. The van der Waals surface area contributed by atoms with Crippen molar-refractivity contribution >= 4 is 0 Å². The Labute approximate surface area is 116 Å². The average molecular weight is 265 g/mol. The van der Waals surface area contributed by atoms with E-state index in [2.05, 4.69) is 34.9 Å². The fourth-order valence-corrected chi connectivity index (χ4v) is 2.77. The summed E-state index contributed by atoms with van der Waals surface area (Å²) >= 11 is 0. The first kappa shape index (κ1) is 14.5. The number of nitrogens with zero attached hydrogens (tertiary/aromatic N) is 2. The Bertz CT molecular complexity index is 358. The molecule has 1 aromatic rings. The molecule has 0 amide bonds. The Morgan fingerprint density at radius 3 is 3.11 bits per heavy atom. The van der Waals surface area contributed by atoms with Crippen LogP contribution in [0.2, 0.25) is 0 Å². The number of aryl methyl sites for hydroxylation is 1. The zero-order valence-corrected chi connectivity index (χ0v) is 12.3. The maximum Gasteiger partial charge on any atom is 0.110 e. The van der Waals surface area contributed by atoms with Gasteiger partial charge in [-0.15, -0.1) is 0 Å². The van der Waals surface area contributed by atoms with Gasteiger partial charge in [0.15, 0.2) is 0 Å². The van der Waals surface area contributed by atoms with Crippen LogP contribution in [0.4, 0.5) is 0 Å². The first-order valence-electron chi connectivity index (χ1n) is 7.68. The second kappa shape index (κ2) is 7.65. The van der Waals surface area contributed by atoms with Crippen LogP contribution in [-0.4, -0.2) is 34.8 Å². The summed E-state index contributed by atoms with van der Waals surface area (Å²) in [6.07, 6.45) is 10.1. The Hall–Kier alpha value is -0.870. The number of ether oxygens (including phenoxy) is 1. The van der Waals surface area contributed by atoms with Gasteiger partial charge >= 0.3 is 0 Å². The highest BCUT2D eigenvalue weighted by atomic mass is 16.5. The molecule has 1 aromatic heterocycles. The Morgan fingerprint density at radius 1 is 1.53 bits per heavy atom. The molecule has 0 radical (unpaired) electrons. The topological polar surface area (TPSA) is 39.1 Å². The number of aromatic nitrogens is 2. The molecule has 1 fully saturated rings. The van der Waals surface area contributed by atoms with Crippen LogP contribution in [0.1, 0.15) is 45.4 Å². The van der Waals surface area contributed by atoms with E-state index >= 15 is 0 Å². The van der Waals surface area contributed by atoms with Gasteiger partial charge in [-0.3, -0.25) is 0 Å². The number of imidazole rings is 1. The first-order valence-corrected chi connectivity index (χ1v) is 7.68. The molecule has 108 valence electrons. The molecule has 1 aliphatic heterocycles. The largest absolute Gasteiger partial charge is 0.378 e. The molecule has 1 N–H and O–H groups in total. The van der Waals surface area contributed by atoms with Crippen molar-refractivity contribution in [3.05, 3.63) is 18.2 Å². The molecular formula is C15H27N3O. The normalized spacial score (nSPS) is 20.8. The molecule has 2 unspecified atom stereocenters. The van der Waals surface area contributed by atoms with E-state index in [4.69, 9.17) is 4.74 Å². The van der Waals surface area contributed by atoms with Crippen molar-refractivity contribution in [2.24, 2.45) is 0 Å². The Balaban J connectivity index is 1.92. The summed E-state index contributed by atoms with van der Waals surface area (Å²) in [4.78, 5) is 4.49. The average Bonchev–Trinajstić information content (AvgIpc) is 3.07. The summed E-state index contributed by atoms with van der Waals surface area (Å²) in [5.41, 5.74) is 0. The monoisotopic (exact) mass is 265 g/mol. The number of rotatable bonds is 8. The van der Waals surface area contributed by atoms with Gasteiger partial charge in [0.05, 0.1) is 6.10 Å². The van der Waals surface area contributed by atoms with Gasteiger partial charge in [0, 0.05) is 38.0 Å². The first-order chi connectivity index (χ1) is 9.33. The molecule has 0 saturated carbocycles. The molecule has 0 aliphatic carbocycles. The van der Waals surface area contributed by atoms with Gasteiger partial charge in [-0.2, -0.15) is 0 Å². The van der Waals surface area contributed by atoms with Crippen molar-refractivity contribution < 1.29 is 4.74 Å². The third-order valence-electron chi connectivity index (χ3n) is 3.83. The fourth-order valence-electron chi connectivity index (χ4n) is 2.77. The van der Waals surface area contributed by atoms with E-state index in [1.54, 1.807) is 0 Å². The van der Waals surface area contributed by atoms with Gasteiger partial charge < -0.3 is 14.6 Å². The predicted octanol–water partition coefficient (Wildman–Crippen LogP) is 2.38. The maximum atomic E-state index is 5.77. The summed E-state index contributed by atoms with van der Waals surface area (Å²) in [5.74, 6) is 1.19. The molecule has 2 heterocycles. The van der Waals surface area contributed by atoms with E-state index in [-0.39, 0.29) is 0 Å². The van der Waals surface area contributed by atoms with E-state index in [1.165, 1.54) is 25.1 Å². The summed E-state index contributed by atoms with van der Waals surface area (Å²) < 4.78 is 8.00. The SMILES string of the molecule is CCCNC(Cc1nccn1CC)CC1CCCO1. The zero-order valence-electron chi connectivity index (χ0n) is 12.3. The van der Waals surface area contributed by atoms with E-state index in [1.807, 2.05) is 6.20 Å². The molecule has 4 heteroatoms. The standard InChI is InChI=1S/C15H27N3O/c1-3-7-16-13(11-14-6-5-10-19-14)12-15-17-8-9-18(15)4-2/h8-9,13-14,16H,3-7,10-12H2,1-2H3. The molecule has 4 nitrogen and oxygen atoms in total. The molecule has 0 bridgehead atoms. The third kappa shape index (κ3) is 4.32. The minimum Gasteiger partial charge on any atom is -0.378 e. The number of hydrogen-bond acceptors (Lipinski definition) is 3. The summed E-state index contributed by atoms with van der Waals surface area (Å²) in [5, 5.41) is 3.65. The highest BCUT2D eigenvalue weighted by Gasteiger charge is 2.21. The van der Waals surface area contributed by atoms with Gasteiger partial charge in [-0.05, 0) is 39.2 Å². The minimum absolute atomic E-state index is 0.444. The maximum absolute atomic E-state index is 5.77. The van der Waals surface area contributed by atoms with E-state index < -0.39 is 0 Å². The molecule has 2 atom stereocenters. The van der Waals surface area contributed by atoms with Crippen molar-refractivity contribution in [3.8, 4) is 0 Å². The lowest BCUT2D eigenvalue weighted by atomic mass is 10.0. The zero-order chi connectivity index (χ0) is 13.5. The van der Waals surface area contributed by atoms with Crippen molar-refractivity contribution in [2.45, 2.75) is 64.6 Å². The lowest BCUT2D eigenvalue weighted by Gasteiger charge is -2.21. The van der Waals surface area contributed by atoms with Crippen LogP contribution in [0.25, 0.3) is 0 Å². The Kier molecular flexibility index (Phi) is 5.86. The smallest absolute Gasteiger partial charge is 0.110 e. The molecule has 1 aliphatic rings. The van der Waals surface area contributed by atoms with Gasteiger partial charge in [-0.1, -0.05) is 6.92 Å². The van der Waals surface area contributed by atoms with Crippen LogP contribution in [-0.2, 0) is 17.7 Å². The van der Waals surface area contributed by atoms with Gasteiger partial charge in [0.1, 0.15) is 5.82 Å². The molecular weight excluding hydrogens is 238 g/mol. The van der Waals surface area contributed by atoms with Crippen molar-refractivity contribution in [1.82, 2.24) is 14.9 Å². The minimum atomic E-state index is 0.444. The highest BCUT2D eigenvalue weighted by Crippen LogP contribution is 2.18. The van der Waals surface area contributed by atoms with Gasteiger partial charge in [0.25, 0.3) is 0 Å². The third-order valence-corrected chi connectivity index (χ3v) is 3.83. The number of hydrogen-bond donors (Lipinski definition) is 1. The quantitative estimate of drug-likeness (QED) is 0.784. The predicted molar refractivity (Wildman–Crippen MR) is 77.3 cm³/mol. The van der Waals surface area contributed by atoms with Crippen LogP contribution >= 0.6 is 0 Å². The molecule has 2 rings (SSSR count). The summed E-state index contributed by atoms with van der Waals surface area (Å²) in [6, 6.07) is 0.482. The van der Waals surface area contributed by atoms with E-state index in [9.17, 15) is 0 Å². The van der Waals surface area contributed by atoms with E-state index in [0.29, 0.717) is 12.1 Å². The summed E-state index contributed by atoms with van der Waals surface area (Å²) in [6.45, 7) is 7.39. The van der Waals surface area contributed by atoms with Crippen LogP contribution < -0.4 is 5.32 Å². The second-order valence-corrected chi connectivity index (χ2v) is 5.36. The van der Waals surface area contributed by atoms with Crippen LogP contribution in [0.5, 0.6) is 0 Å². The van der Waals surface area contributed by atoms with E-state index in [0.717, 1.165) is 32.5 Å². The molecule has 19 heavy (non-hydrogen) atoms. The highest BCUT2D eigenvalue weighted by molar-refractivity contribution is 4.96. The van der Waals surface area contributed by atoms with Crippen molar-refractivity contribution in [2.75, 3.05) is 13.2 Å². The lowest BCUT2D eigenvalue weighted by Crippen LogP contribution is -2.35. The van der Waals surface area contributed by atoms with Gasteiger partial charge in [-0.25, -0.2) is 4.98 Å². The van der Waals surface area contributed by atoms with Crippen LogP contribution in [0, 0.1) is 0 Å². The second-order valence-electron chi connectivity index (χ2n) is 5.36. The fraction of sp³-hybridized carbons (Fsp3) is 0.800. The summed E-state index contributed by atoms with van der Waals surface area (Å²) in [7, 11) is 0. The Morgan fingerprint density at radius 2 is 2.42 bits per heavy atom. The van der Waals surface area contributed by atoms with Crippen molar-refractivity contribution in [1.29, 1.82) is 0 Å². The number of nitrogens with one attached hydrogen (secondary N) is 1. The molecule has 0 spiro atoms.